The van der Waals surface area contributed by atoms with E-state index in [0.717, 1.165) is 22.5 Å². The fourth-order valence-electron chi connectivity index (χ4n) is 5.51. The molecule has 0 bridgehead atoms. The maximum atomic E-state index is 13.8. The number of halogens is 1. The molecule has 1 aliphatic rings. The third-order valence-corrected chi connectivity index (χ3v) is 7.41. The minimum absolute atomic E-state index is 0.000122. The number of phenolic OH excluding ortho intramolecular Hbond substituents is 1. The second-order valence-corrected chi connectivity index (χ2v) is 10.5. The molecular weight excluding hydrogens is 433 g/mol. The molecule has 0 radical (unpaired) electrons. The van der Waals surface area contributed by atoms with Gasteiger partial charge in [-0.3, -0.25) is 4.79 Å². The van der Waals surface area contributed by atoms with Crippen LogP contribution in [0.3, 0.4) is 0 Å². The topological polar surface area (TPSA) is 71.7 Å². The van der Waals surface area contributed by atoms with E-state index in [4.69, 9.17) is 4.74 Å². The summed E-state index contributed by atoms with van der Waals surface area (Å²) in [5.74, 6) is -1.43. The molecule has 5 nitrogen and oxygen atoms in total. The number of aromatic nitrogens is 1. The van der Waals surface area contributed by atoms with Gasteiger partial charge >= 0.3 is 5.97 Å². The summed E-state index contributed by atoms with van der Waals surface area (Å²) in [7, 11) is 0. The van der Waals surface area contributed by atoms with Crippen LogP contribution in [0.1, 0.15) is 65.1 Å². The van der Waals surface area contributed by atoms with Crippen molar-refractivity contribution in [1.82, 2.24) is 4.57 Å². The van der Waals surface area contributed by atoms with Crippen molar-refractivity contribution < 1.29 is 24.1 Å². The molecule has 2 aromatic carbocycles. The van der Waals surface area contributed by atoms with Crippen LogP contribution in [0.15, 0.2) is 42.5 Å². The molecule has 2 heterocycles. The molecular formula is C28H34FNO4. The fraction of sp³-hybridized carbons (Fsp3) is 0.464. The van der Waals surface area contributed by atoms with Gasteiger partial charge in [0.15, 0.2) is 0 Å². The van der Waals surface area contributed by atoms with Crippen molar-refractivity contribution in [3.8, 4) is 11.4 Å². The minimum atomic E-state index is -0.797. The quantitative estimate of drug-likeness (QED) is 0.415. The van der Waals surface area contributed by atoms with Gasteiger partial charge in [-0.1, -0.05) is 40.7 Å². The Kier molecular flexibility index (Phi) is 6.23. The number of nitrogens with zero attached hydrogens (tertiary/aromatic N) is 1. The van der Waals surface area contributed by atoms with Crippen LogP contribution in [-0.4, -0.2) is 27.4 Å². The number of aromatic hydroxyl groups is 1. The highest BCUT2D eigenvalue weighted by Crippen LogP contribution is 2.53. The Morgan fingerprint density at radius 1 is 1.18 bits per heavy atom. The molecule has 4 rings (SSSR count). The van der Waals surface area contributed by atoms with Gasteiger partial charge < -0.3 is 19.5 Å². The summed E-state index contributed by atoms with van der Waals surface area (Å²) in [6, 6.07) is 11.8. The Labute approximate surface area is 200 Å². The van der Waals surface area contributed by atoms with Crippen molar-refractivity contribution in [3.05, 3.63) is 59.5 Å². The molecule has 0 saturated carbocycles. The van der Waals surface area contributed by atoms with Crippen molar-refractivity contribution in [2.45, 2.75) is 64.9 Å². The van der Waals surface area contributed by atoms with Crippen molar-refractivity contribution >= 4 is 16.9 Å². The van der Waals surface area contributed by atoms with Gasteiger partial charge in [0.25, 0.3) is 0 Å². The number of carbonyl (C=O) groups is 1. The van der Waals surface area contributed by atoms with Gasteiger partial charge in [-0.15, -0.1) is 0 Å². The Morgan fingerprint density at radius 3 is 2.44 bits per heavy atom. The van der Waals surface area contributed by atoms with Gasteiger partial charge in [-0.05, 0) is 61.6 Å². The number of aliphatic carboxylic acids is 1. The van der Waals surface area contributed by atoms with Gasteiger partial charge in [-0.2, -0.15) is 0 Å². The molecule has 3 aromatic rings. The first-order valence-corrected chi connectivity index (χ1v) is 12.0. The van der Waals surface area contributed by atoms with Gasteiger partial charge in [0.05, 0.1) is 23.6 Å². The van der Waals surface area contributed by atoms with Crippen molar-refractivity contribution in [2.24, 2.45) is 11.8 Å². The number of fused-ring (bicyclic) bond motifs is 3. The van der Waals surface area contributed by atoms with Crippen LogP contribution in [0.25, 0.3) is 16.6 Å². The predicted octanol–water partition coefficient (Wildman–Crippen LogP) is 6.53. The number of phenols is 1. The molecule has 0 amide bonds. The second kappa shape index (κ2) is 8.73. The van der Waals surface area contributed by atoms with E-state index in [-0.39, 0.29) is 17.5 Å². The SMILES string of the molecule is CCC1(CCC(C(=O)O)C(C)C)OCC(C)(C)c2c1c1c(O)cccc1n2-c1ccc(F)cc1. The lowest BCUT2D eigenvalue weighted by Gasteiger charge is -2.45. The molecule has 182 valence electrons. The smallest absolute Gasteiger partial charge is 0.306 e. The number of ether oxygens (including phenoxy) is 1. The lowest BCUT2D eigenvalue weighted by Crippen LogP contribution is -2.44. The van der Waals surface area contributed by atoms with Crippen LogP contribution in [0, 0.1) is 17.7 Å². The fourth-order valence-corrected chi connectivity index (χ4v) is 5.51. The standard InChI is InChI=1S/C28H34FNO4/c1-6-28(15-14-20(17(2)3)26(32)33)24-23-21(8-7-9-22(23)31)30(19-12-10-18(29)11-13-19)25(24)27(4,5)16-34-28/h7-13,17,20,31H,6,14-16H2,1-5H3,(H,32,33). The summed E-state index contributed by atoms with van der Waals surface area (Å²) in [6.45, 7) is 10.6. The molecule has 1 aliphatic heterocycles. The third kappa shape index (κ3) is 3.88. The van der Waals surface area contributed by atoms with E-state index in [2.05, 4.69) is 18.4 Å². The molecule has 2 N–H and O–H groups in total. The zero-order valence-corrected chi connectivity index (χ0v) is 20.6. The van der Waals surface area contributed by atoms with E-state index >= 15 is 0 Å². The summed E-state index contributed by atoms with van der Waals surface area (Å²) in [5.41, 5.74) is 2.43. The molecule has 0 saturated heterocycles. The number of carboxylic acid groups (broad SMARTS) is 1. The maximum Gasteiger partial charge on any atom is 0.306 e. The maximum absolute atomic E-state index is 13.8. The first-order valence-electron chi connectivity index (χ1n) is 12.0. The van der Waals surface area contributed by atoms with E-state index in [1.165, 1.54) is 12.1 Å². The molecule has 0 spiro atoms. The Morgan fingerprint density at radius 2 is 1.85 bits per heavy atom. The molecule has 0 fully saturated rings. The summed E-state index contributed by atoms with van der Waals surface area (Å²) >= 11 is 0. The van der Waals surface area contributed by atoms with E-state index in [1.807, 2.05) is 32.9 Å². The molecule has 6 heteroatoms. The molecule has 0 aliphatic carbocycles. The van der Waals surface area contributed by atoms with E-state index in [1.54, 1.807) is 18.2 Å². The largest absolute Gasteiger partial charge is 0.507 e. The van der Waals surface area contributed by atoms with E-state index in [9.17, 15) is 19.4 Å². The van der Waals surface area contributed by atoms with Crippen LogP contribution in [0.4, 0.5) is 4.39 Å². The van der Waals surface area contributed by atoms with Crippen LogP contribution in [-0.2, 0) is 20.5 Å². The molecule has 2 unspecified atom stereocenters. The summed E-state index contributed by atoms with van der Waals surface area (Å²) in [6.07, 6.45) is 1.63. The van der Waals surface area contributed by atoms with Crippen molar-refractivity contribution in [2.75, 3.05) is 6.61 Å². The van der Waals surface area contributed by atoms with Crippen molar-refractivity contribution in [3.63, 3.8) is 0 Å². The average Bonchev–Trinajstić information content (AvgIpc) is 3.14. The highest BCUT2D eigenvalue weighted by Gasteiger charge is 2.48. The normalized spacial score (nSPS) is 20.4. The zero-order valence-electron chi connectivity index (χ0n) is 20.6. The number of benzene rings is 2. The monoisotopic (exact) mass is 467 g/mol. The van der Waals surface area contributed by atoms with E-state index in [0.29, 0.717) is 31.3 Å². The summed E-state index contributed by atoms with van der Waals surface area (Å²) in [4.78, 5) is 11.9. The highest BCUT2D eigenvalue weighted by molar-refractivity contribution is 5.94. The van der Waals surface area contributed by atoms with Crippen LogP contribution in [0.2, 0.25) is 0 Å². The summed E-state index contributed by atoms with van der Waals surface area (Å²) < 4.78 is 22.5. The molecule has 2 atom stereocenters. The van der Waals surface area contributed by atoms with Gasteiger partial charge in [0.2, 0.25) is 0 Å². The van der Waals surface area contributed by atoms with Gasteiger partial charge in [0, 0.05) is 27.7 Å². The second-order valence-electron chi connectivity index (χ2n) is 10.5. The van der Waals surface area contributed by atoms with E-state index < -0.39 is 22.9 Å². The van der Waals surface area contributed by atoms with Crippen LogP contribution in [0.5, 0.6) is 5.75 Å². The molecule has 34 heavy (non-hydrogen) atoms. The number of rotatable bonds is 7. The lowest BCUT2D eigenvalue weighted by molar-refractivity contribution is -0.145. The number of hydrogen-bond acceptors (Lipinski definition) is 3. The Bertz CT molecular complexity index is 1210. The van der Waals surface area contributed by atoms with Crippen LogP contribution >= 0.6 is 0 Å². The first-order chi connectivity index (χ1) is 16.0. The lowest BCUT2D eigenvalue weighted by atomic mass is 9.73. The van der Waals surface area contributed by atoms with Gasteiger partial charge in [0.1, 0.15) is 11.6 Å². The number of hydrogen-bond donors (Lipinski definition) is 2. The third-order valence-electron chi connectivity index (χ3n) is 7.41. The minimum Gasteiger partial charge on any atom is -0.507 e. The number of carboxylic acids is 1. The highest BCUT2D eigenvalue weighted by atomic mass is 19.1. The Hall–Kier alpha value is -2.86. The Balaban J connectivity index is 2.00. The zero-order chi connectivity index (χ0) is 24.8. The first kappa shape index (κ1) is 24.3. The molecule has 1 aromatic heterocycles. The van der Waals surface area contributed by atoms with Gasteiger partial charge in [-0.25, -0.2) is 4.39 Å². The predicted molar refractivity (Wildman–Crippen MR) is 131 cm³/mol. The van der Waals surface area contributed by atoms with Crippen LogP contribution < -0.4 is 0 Å². The summed E-state index contributed by atoms with van der Waals surface area (Å²) in [5, 5.41) is 21.6. The average molecular weight is 468 g/mol. The van der Waals surface area contributed by atoms with Crippen molar-refractivity contribution in [1.29, 1.82) is 0 Å².